The Morgan fingerprint density at radius 2 is 2.00 bits per heavy atom. The zero-order valence-electron chi connectivity index (χ0n) is 7.63. The van der Waals surface area contributed by atoms with Gasteiger partial charge in [0, 0.05) is 11.5 Å². The van der Waals surface area contributed by atoms with Crippen LogP contribution in [0, 0.1) is 5.92 Å². The number of carboxylic acids is 1. The summed E-state index contributed by atoms with van der Waals surface area (Å²) >= 11 is 0. The first kappa shape index (κ1) is 10.9. The highest BCUT2D eigenvalue weighted by Gasteiger charge is 2.13. The summed E-state index contributed by atoms with van der Waals surface area (Å²) in [5, 5.41) is 8.62. The topological polar surface area (TPSA) is 54.4 Å². The number of carboxylic acid groups (broad SMARTS) is 1. The number of allylic oxidation sites excluding steroid dienone is 1. The SMILES string of the molecule is CC=C(CC(C)C(C)=O)C(=O)O. The molecular formula is C9H14O3. The van der Waals surface area contributed by atoms with E-state index in [0.29, 0.717) is 12.0 Å². The van der Waals surface area contributed by atoms with Crippen LogP contribution < -0.4 is 0 Å². The van der Waals surface area contributed by atoms with Crippen LogP contribution in [0.5, 0.6) is 0 Å². The number of aliphatic carboxylic acids is 1. The van der Waals surface area contributed by atoms with E-state index >= 15 is 0 Å². The molecule has 0 radical (unpaired) electrons. The van der Waals surface area contributed by atoms with Gasteiger partial charge in [0.25, 0.3) is 0 Å². The Kier molecular flexibility index (Phi) is 4.26. The summed E-state index contributed by atoms with van der Waals surface area (Å²) in [5.41, 5.74) is 0.303. The lowest BCUT2D eigenvalue weighted by atomic mass is 9.98. The molecule has 0 fully saturated rings. The van der Waals surface area contributed by atoms with E-state index < -0.39 is 5.97 Å². The molecule has 1 N–H and O–H groups in total. The van der Waals surface area contributed by atoms with Crippen LogP contribution in [-0.2, 0) is 9.59 Å². The van der Waals surface area contributed by atoms with Crippen molar-refractivity contribution in [3.8, 4) is 0 Å². The van der Waals surface area contributed by atoms with Gasteiger partial charge in [-0.1, -0.05) is 13.0 Å². The van der Waals surface area contributed by atoms with Crippen LogP contribution in [0.3, 0.4) is 0 Å². The Labute approximate surface area is 72.1 Å². The summed E-state index contributed by atoms with van der Waals surface area (Å²) in [7, 11) is 0. The second-order valence-electron chi connectivity index (χ2n) is 2.83. The largest absolute Gasteiger partial charge is 0.478 e. The zero-order valence-corrected chi connectivity index (χ0v) is 7.63. The molecule has 0 aliphatic rings. The van der Waals surface area contributed by atoms with Crippen molar-refractivity contribution in [2.45, 2.75) is 27.2 Å². The number of ketones is 1. The van der Waals surface area contributed by atoms with Crippen molar-refractivity contribution in [1.82, 2.24) is 0 Å². The molecular weight excluding hydrogens is 156 g/mol. The number of carbonyl (C=O) groups excluding carboxylic acids is 1. The number of hydrogen-bond acceptors (Lipinski definition) is 2. The monoisotopic (exact) mass is 170 g/mol. The third-order valence-electron chi connectivity index (χ3n) is 1.84. The van der Waals surface area contributed by atoms with Gasteiger partial charge < -0.3 is 5.11 Å². The Bertz CT molecular complexity index is 216. The molecule has 1 atom stereocenters. The molecule has 0 saturated carbocycles. The van der Waals surface area contributed by atoms with Crippen molar-refractivity contribution in [3.63, 3.8) is 0 Å². The summed E-state index contributed by atoms with van der Waals surface area (Å²) in [6.07, 6.45) is 1.85. The highest BCUT2D eigenvalue weighted by Crippen LogP contribution is 2.12. The average Bonchev–Trinajstić information content (AvgIpc) is 1.98. The van der Waals surface area contributed by atoms with Gasteiger partial charge in [0.2, 0.25) is 0 Å². The first-order chi connectivity index (χ1) is 5.49. The number of hydrogen-bond donors (Lipinski definition) is 1. The van der Waals surface area contributed by atoms with Crippen LogP contribution in [0.4, 0.5) is 0 Å². The summed E-state index contributed by atoms with van der Waals surface area (Å²) < 4.78 is 0. The molecule has 1 unspecified atom stereocenters. The van der Waals surface area contributed by atoms with E-state index in [-0.39, 0.29) is 11.7 Å². The molecule has 0 aromatic carbocycles. The van der Waals surface area contributed by atoms with Gasteiger partial charge in [-0.3, -0.25) is 4.79 Å². The Balaban J connectivity index is 4.23. The van der Waals surface area contributed by atoms with Gasteiger partial charge in [0.1, 0.15) is 5.78 Å². The minimum absolute atomic E-state index is 0.0237. The summed E-state index contributed by atoms with van der Waals surface area (Å²) in [6.45, 7) is 4.87. The Morgan fingerprint density at radius 1 is 1.50 bits per heavy atom. The van der Waals surface area contributed by atoms with Crippen molar-refractivity contribution in [3.05, 3.63) is 11.6 Å². The minimum Gasteiger partial charge on any atom is -0.478 e. The number of carbonyl (C=O) groups is 2. The van der Waals surface area contributed by atoms with E-state index in [4.69, 9.17) is 5.11 Å². The molecule has 68 valence electrons. The molecule has 3 nitrogen and oxygen atoms in total. The quantitative estimate of drug-likeness (QED) is 0.652. The second-order valence-corrected chi connectivity index (χ2v) is 2.83. The van der Waals surface area contributed by atoms with Crippen LogP contribution in [0.1, 0.15) is 27.2 Å². The van der Waals surface area contributed by atoms with Crippen molar-refractivity contribution in [2.75, 3.05) is 0 Å². The zero-order chi connectivity index (χ0) is 9.72. The van der Waals surface area contributed by atoms with Crippen LogP contribution >= 0.6 is 0 Å². The summed E-state index contributed by atoms with van der Waals surface area (Å²) in [5.74, 6) is -1.12. The molecule has 12 heavy (non-hydrogen) atoms. The van der Waals surface area contributed by atoms with Gasteiger partial charge >= 0.3 is 5.97 Å². The first-order valence-electron chi connectivity index (χ1n) is 3.88. The van der Waals surface area contributed by atoms with E-state index in [1.165, 1.54) is 13.0 Å². The van der Waals surface area contributed by atoms with Gasteiger partial charge in [0.15, 0.2) is 0 Å². The van der Waals surface area contributed by atoms with E-state index in [1.54, 1.807) is 13.8 Å². The van der Waals surface area contributed by atoms with Crippen LogP contribution in [0.15, 0.2) is 11.6 Å². The third kappa shape index (κ3) is 3.32. The van der Waals surface area contributed by atoms with Crippen LogP contribution in [-0.4, -0.2) is 16.9 Å². The van der Waals surface area contributed by atoms with Crippen molar-refractivity contribution >= 4 is 11.8 Å². The Hall–Kier alpha value is -1.12. The highest BCUT2D eigenvalue weighted by molar-refractivity contribution is 5.88. The predicted molar refractivity (Wildman–Crippen MR) is 45.9 cm³/mol. The standard InChI is InChI=1S/C9H14O3/c1-4-8(9(11)12)5-6(2)7(3)10/h4,6H,5H2,1-3H3,(H,11,12). The van der Waals surface area contributed by atoms with Gasteiger partial charge in [-0.15, -0.1) is 0 Å². The molecule has 0 bridgehead atoms. The Morgan fingerprint density at radius 3 is 2.25 bits per heavy atom. The van der Waals surface area contributed by atoms with Gasteiger partial charge in [-0.2, -0.15) is 0 Å². The summed E-state index contributed by atoms with van der Waals surface area (Å²) in [4.78, 5) is 21.3. The molecule has 0 aliphatic heterocycles. The van der Waals surface area contributed by atoms with Crippen molar-refractivity contribution < 1.29 is 14.7 Å². The van der Waals surface area contributed by atoms with E-state index in [2.05, 4.69) is 0 Å². The predicted octanol–water partition coefficient (Wildman–Crippen LogP) is 1.63. The maximum absolute atomic E-state index is 10.8. The minimum atomic E-state index is -0.939. The van der Waals surface area contributed by atoms with E-state index in [0.717, 1.165) is 0 Å². The molecule has 0 heterocycles. The third-order valence-corrected chi connectivity index (χ3v) is 1.84. The first-order valence-corrected chi connectivity index (χ1v) is 3.88. The molecule has 0 aromatic rings. The van der Waals surface area contributed by atoms with Crippen LogP contribution in [0.25, 0.3) is 0 Å². The van der Waals surface area contributed by atoms with Crippen LogP contribution in [0.2, 0.25) is 0 Å². The molecule has 0 saturated heterocycles. The lowest BCUT2D eigenvalue weighted by molar-refractivity contribution is -0.133. The maximum atomic E-state index is 10.8. The fourth-order valence-electron chi connectivity index (χ4n) is 0.802. The molecule has 0 aliphatic carbocycles. The van der Waals surface area contributed by atoms with Gasteiger partial charge in [0.05, 0.1) is 0 Å². The molecule has 0 amide bonds. The smallest absolute Gasteiger partial charge is 0.331 e. The van der Waals surface area contributed by atoms with Crippen molar-refractivity contribution in [1.29, 1.82) is 0 Å². The lowest BCUT2D eigenvalue weighted by Crippen LogP contribution is -2.11. The fraction of sp³-hybridized carbons (Fsp3) is 0.556. The summed E-state index contributed by atoms with van der Waals surface area (Å²) in [6, 6.07) is 0. The molecule has 3 heteroatoms. The molecule has 0 aromatic heterocycles. The van der Waals surface area contributed by atoms with E-state index in [1.807, 2.05) is 0 Å². The lowest BCUT2D eigenvalue weighted by Gasteiger charge is -2.06. The highest BCUT2D eigenvalue weighted by atomic mass is 16.4. The average molecular weight is 170 g/mol. The molecule has 0 rings (SSSR count). The van der Waals surface area contributed by atoms with Gasteiger partial charge in [-0.05, 0) is 20.3 Å². The second kappa shape index (κ2) is 4.70. The van der Waals surface area contributed by atoms with E-state index in [9.17, 15) is 9.59 Å². The normalized spacial score (nSPS) is 14.1. The van der Waals surface area contributed by atoms with Gasteiger partial charge in [-0.25, -0.2) is 4.79 Å². The van der Waals surface area contributed by atoms with Crippen molar-refractivity contribution in [2.24, 2.45) is 5.92 Å². The number of Topliss-reactive ketones (excluding diaryl/α,β-unsaturated/α-hetero) is 1. The molecule has 0 spiro atoms. The maximum Gasteiger partial charge on any atom is 0.331 e. The number of rotatable bonds is 4. The fourth-order valence-corrected chi connectivity index (χ4v) is 0.802.